The van der Waals surface area contributed by atoms with Crippen LogP contribution in [0.15, 0.2) is 42.5 Å². The fraction of sp³-hybridized carbons (Fsp3) is 0.464. The molecule has 190 valence electrons. The fourth-order valence-electron chi connectivity index (χ4n) is 6.63. The van der Waals surface area contributed by atoms with Gasteiger partial charge in [0.2, 0.25) is 11.8 Å². The molecule has 4 atom stereocenters. The van der Waals surface area contributed by atoms with Gasteiger partial charge in [-0.1, -0.05) is 24.3 Å². The summed E-state index contributed by atoms with van der Waals surface area (Å²) in [6.07, 6.45) is 2.18. The molecule has 2 aromatic carbocycles. The van der Waals surface area contributed by atoms with E-state index in [1.165, 1.54) is 12.0 Å². The summed E-state index contributed by atoms with van der Waals surface area (Å²) in [5.74, 6) is -0.893. The molecule has 0 saturated carbocycles. The number of nitrogens with zero attached hydrogens (tertiary/aromatic N) is 2. The molecule has 36 heavy (non-hydrogen) atoms. The van der Waals surface area contributed by atoms with Crippen molar-refractivity contribution in [2.24, 2.45) is 11.8 Å². The number of carbonyl (C=O) groups is 3. The average Bonchev–Trinajstić information content (AvgIpc) is 3.37. The minimum absolute atomic E-state index is 0.214. The standard InChI is InChI=1S/C28H32N2O6/c1-5-29-25(31)22-23(26(29)32)28(27(33)36-4)14-6-7-15-30(28)24(22)18-10-13-20(21(16-18)35-3)17-8-11-19(34-2)12-9-17/h8-13,16,22-24H,5-7,14-15H2,1-4H3/t22-,23-,24+,28-/m0/s1. The van der Waals surface area contributed by atoms with Gasteiger partial charge in [0.15, 0.2) is 0 Å². The molecule has 0 unspecified atom stereocenters. The number of fused-ring (bicyclic) bond motifs is 3. The Labute approximate surface area is 211 Å². The first-order valence-electron chi connectivity index (χ1n) is 12.5. The van der Waals surface area contributed by atoms with Gasteiger partial charge in [-0.3, -0.25) is 24.2 Å². The summed E-state index contributed by atoms with van der Waals surface area (Å²) >= 11 is 0. The Hall–Kier alpha value is -3.39. The van der Waals surface area contributed by atoms with E-state index in [1.54, 1.807) is 21.1 Å². The van der Waals surface area contributed by atoms with E-state index in [0.29, 0.717) is 18.7 Å². The number of esters is 1. The molecule has 0 aliphatic carbocycles. The van der Waals surface area contributed by atoms with Crippen LogP contribution in [0, 0.1) is 11.8 Å². The number of likely N-dealkylation sites (tertiary alicyclic amines) is 1. The molecule has 8 nitrogen and oxygen atoms in total. The molecule has 3 fully saturated rings. The van der Waals surface area contributed by atoms with Gasteiger partial charge in [0.05, 0.1) is 33.2 Å². The van der Waals surface area contributed by atoms with Gasteiger partial charge in [-0.15, -0.1) is 0 Å². The lowest BCUT2D eigenvalue weighted by molar-refractivity contribution is -0.164. The molecule has 3 aliphatic rings. The SMILES string of the molecule is CCN1C(=O)[C@@H]2[C@@H](c3ccc(-c4ccc(OC)cc4)c(OC)c3)N3CCCC[C@@]3(C(=O)OC)[C@@H]2C1=O. The second-order valence-corrected chi connectivity index (χ2v) is 9.62. The zero-order valence-electron chi connectivity index (χ0n) is 21.2. The van der Waals surface area contributed by atoms with E-state index >= 15 is 0 Å². The van der Waals surface area contributed by atoms with E-state index in [0.717, 1.165) is 35.3 Å². The number of methoxy groups -OCH3 is 3. The molecule has 2 aromatic rings. The summed E-state index contributed by atoms with van der Waals surface area (Å²) in [5.41, 5.74) is 1.59. The van der Waals surface area contributed by atoms with Crippen molar-refractivity contribution in [1.82, 2.24) is 9.80 Å². The van der Waals surface area contributed by atoms with E-state index < -0.39 is 29.4 Å². The lowest BCUT2D eigenvalue weighted by Gasteiger charge is -2.44. The van der Waals surface area contributed by atoms with Gasteiger partial charge in [0.25, 0.3) is 0 Å². The Morgan fingerprint density at radius 2 is 1.75 bits per heavy atom. The van der Waals surface area contributed by atoms with E-state index in [2.05, 4.69) is 4.90 Å². The lowest BCUT2D eigenvalue weighted by Crippen LogP contribution is -2.59. The summed E-state index contributed by atoms with van der Waals surface area (Å²) in [6, 6.07) is 13.2. The van der Waals surface area contributed by atoms with Crippen molar-refractivity contribution in [1.29, 1.82) is 0 Å². The third-order valence-corrected chi connectivity index (χ3v) is 8.18. The summed E-state index contributed by atoms with van der Waals surface area (Å²) < 4.78 is 16.3. The number of rotatable bonds is 6. The molecule has 2 amide bonds. The number of hydrogen-bond donors (Lipinski definition) is 0. The van der Waals surface area contributed by atoms with Gasteiger partial charge in [0.1, 0.15) is 17.0 Å². The smallest absolute Gasteiger partial charge is 0.327 e. The molecule has 3 heterocycles. The monoisotopic (exact) mass is 492 g/mol. The quantitative estimate of drug-likeness (QED) is 0.451. The Bertz CT molecular complexity index is 1200. The topological polar surface area (TPSA) is 85.4 Å². The third kappa shape index (κ3) is 3.34. The van der Waals surface area contributed by atoms with E-state index in [4.69, 9.17) is 14.2 Å². The van der Waals surface area contributed by atoms with Crippen LogP contribution in [0.1, 0.15) is 37.8 Å². The van der Waals surface area contributed by atoms with Gasteiger partial charge in [-0.25, -0.2) is 0 Å². The van der Waals surface area contributed by atoms with Crippen LogP contribution in [0.5, 0.6) is 11.5 Å². The van der Waals surface area contributed by atoms with Crippen LogP contribution in [0.2, 0.25) is 0 Å². The van der Waals surface area contributed by atoms with Crippen molar-refractivity contribution in [3.05, 3.63) is 48.0 Å². The Morgan fingerprint density at radius 1 is 1.00 bits per heavy atom. The number of amides is 2. The first kappa shape index (κ1) is 24.3. The van der Waals surface area contributed by atoms with Crippen LogP contribution in [0.4, 0.5) is 0 Å². The number of hydrogen-bond acceptors (Lipinski definition) is 7. The molecule has 0 aromatic heterocycles. The number of ether oxygens (including phenoxy) is 3. The molecule has 3 aliphatic heterocycles. The largest absolute Gasteiger partial charge is 0.497 e. The number of benzene rings is 2. The van der Waals surface area contributed by atoms with Crippen LogP contribution in [-0.4, -0.2) is 67.5 Å². The van der Waals surface area contributed by atoms with Crippen molar-refractivity contribution in [2.45, 2.75) is 37.8 Å². The highest BCUT2D eigenvalue weighted by Crippen LogP contribution is 2.58. The molecular weight excluding hydrogens is 460 g/mol. The Balaban J connectivity index is 1.63. The molecule has 0 N–H and O–H groups in total. The average molecular weight is 493 g/mol. The predicted octanol–water partition coefficient (Wildman–Crippen LogP) is 3.44. The van der Waals surface area contributed by atoms with Crippen molar-refractivity contribution in [2.75, 3.05) is 34.4 Å². The normalized spacial score (nSPS) is 27.6. The summed E-state index contributed by atoms with van der Waals surface area (Å²) in [7, 11) is 4.60. The van der Waals surface area contributed by atoms with Crippen molar-refractivity contribution in [3.8, 4) is 22.6 Å². The minimum Gasteiger partial charge on any atom is -0.497 e. The molecule has 0 bridgehead atoms. The highest BCUT2D eigenvalue weighted by molar-refractivity contribution is 6.09. The first-order valence-corrected chi connectivity index (χ1v) is 12.5. The molecule has 8 heteroatoms. The van der Waals surface area contributed by atoms with Gasteiger partial charge in [0, 0.05) is 18.2 Å². The van der Waals surface area contributed by atoms with E-state index in [-0.39, 0.29) is 18.4 Å². The maximum Gasteiger partial charge on any atom is 0.327 e. The lowest BCUT2D eigenvalue weighted by atomic mass is 9.75. The van der Waals surface area contributed by atoms with Gasteiger partial charge in [-0.2, -0.15) is 0 Å². The van der Waals surface area contributed by atoms with Crippen LogP contribution in [0.25, 0.3) is 11.1 Å². The van der Waals surface area contributed by atoms with Crippen molar-refractivity contribution >= 4 is 17.8 Å². The number of imide groups is 1. The third-order valence-electron chi connectivity index (χ3n) is 8.18. The van der Waals surface area contributed by atoms with Gasteiger partial charge in [-0.05, 0) is 62.1 Å². The van der Waals surface area contributed by atoms with E-state index in [9.17, 15) is 14.4 Å². The summed E-state index contributed by atoms with van der Waals surface area (Å²) in [5, 5.41) is 0. The van der Waals surface area contributed by atoms with Crippen molar-refractivity contribution in [3.63, 3.8) is 0 Å². The van der Waals surface area contributed by atoms with Crippen LogP contribution in [0.3, 0.4) is 0 Å². The van der Waals surface area contributed by atoms with Crippen LogP contribution >= 0.6 is 0 Å². The summed E-state index contributed by atoms with van der Waals surface area (Å²) in [6.45, 7) is 2.69. The molecule has 3 saturated heterocycles. The highest BCUT2D eigenvalue weighted by Gasteiger charge is 2.72. The zero-order valence-corrected chi connectivity index (χ0v) is 21.2. The molecular formula is C28H32N2O6. The maximum absolute atomic E-state index is 13.6. The molecule has 0 radical (unpaired) electrons. The summed E-state index contributed by atoms with van der Waals surface area (Å²) in [4.78, 5) is 43.9. The molecule has 5 rings (SSSR count). The predicted molar refractivity (Wildman–Crippen MR) is 132 cm³/mol. The van der Waals surface area contributed by atoms with Crippen LogP contribution in [-0.2, 0) is 19.1 Å². The van der Waals surface area contributed by atoms with E-state index in [1.807, 2.05) is 42.5 Å². The highest BCUT2D eigenvalue weighted by atomic mass is 16.5. The fourth-order valence-corrected chi connectivity index (χ4v) is 6.63. The Morgan fingerprint density at radius 3 is 2.39 bits per heavy atom. The zero-order chi connectivity index (χ0) is 25.6. The number of piperidine rings is 1. The Kier molecular flexibility index (Phi) is 6.24. The second kappa shape index (κ2) is 9.24. The van der Waals surface area contributed by atoms with Gasteiger partial charge >= 0.3 is 5.97 Å². The van der Waals surface area contributed by atoms with Gasteiger partial charge < -0.3 is 14.2 Å². The molecule has 0 spiro atoms. The maximum atomic E-state index is 13.6. The van der Waals surface area contributed by atoms with Crippen LogP contribution < -0.4 is 9.47 Å². The minimum atomic E-state index is -1.14. The van der Waals surface area contributed by atoms with Crippen molar-refractivity contribution < 1.29 is 28.6 Å². The number of carbonyl (C=O) groups excluding carboxylic acids is 3. The second-order valence-electron chi connectivity index (χ2n) is 9.62. The first-order chi connectivity index (χ1) is 17.4.